The van der Waals surface area contributed by atoms with E-state index in [1.165, 1.54) is 19.3 Å². The molecule has 0 aliphatic heterocycles. The van der Waals surface area contributed by atoms with E-state index < -0.39 is 0 Å². The van der Waals surface area contributed by atoms with Gasteiger partial charge in [-0.1, -0.05) is 13.8 Å². The Bertz CT molecular complexity index is 253. The van der Waals surface area contributed by atoms with Gasteiger partial charge in [0.2, 0.25) is 5.91 Å². The van der Waals surface area contributed by atoms with Crippen LogP contribution in [0.5, 0.6) is 0 Å². The molecular formula is C15H30N2O. The number of likely N-dealkylation sites (N-methyl/N-ethyl adjacent to an activating group) is 1. The van der Waals surface area contributed by atoms with Crippen molar-refractivity contribution in [3.05, 3.63) is 0 Å². The molecule has 0 aromatic carbocycles. The van der Waals surface area contributed by atoms with Crippen LogP contribution in [0.15, 0.2) is 0 Å². The number of nitrogens with one attached hydrogen (secondary N) is 1. The van der Waals surface area contributed by atoms with E-state index in [1.54, 1.807) is 0 Å². The maximum Gasteiger partial charge on any atom is 0.239 e. The molecule has 1 fully saturated rings. The summed E-state index contributed by atoms with van der Waals surface area (Å²) in [7, 11) is 0. The third-order valence-electron chi connectivity index (χ3n) is 4.11. The van der Waals surface area contributed by atoms with Gasteiger partial charge in [-0.3, -0.25) is 4.79 Å². The molecule has 1 aliphatic rings. The smallest absolute Gasteiger partial charge is 0.239 e. The highest BCUT2D eigenvalue weighted by molar-refractivity contribution is 5.81. The second-order valence-corrected chi connectivity index (χ2v) is 6.01. The first kappa shape index (κ1) is 15.5. The number of carbonyl (C=O) groups excluding carboxylic acids is 1. The first-order valence-corrected chi connectivity index (χ1v) is 7.52. The summed E-state index contributed by atoms with van der Waals surface area (Å²) in [6, 6.07) is 0.464. The molecule has 18 heavy (non-hydrogen) atoms. The number of carbonyl (C=O) groups is 1. The summed E-state index contributed by atoms with van der Waals surface area (Å²) < 4.78 is 0. The zero-order chi connectivity index (χ0) is 13.7. The van der Waals surface area contributed by atoms with Crippen LogP contribution in [-0.2, 0) is 4.79 Å². The van der Waals surface area contributed by atoms with Crippen molar-refractivity contribution < 1.29 is 4.79 Å². The Labute approximate surface area is 112 Å². The largest absolute Gasteiger partial charge is 0.342 e. The first-order chi connectivity index (χ1) is 8.47. The van der Waals surface area contributed by atoms with Crippen LogP contribution in [0, 0.1) is 11.8 Å². The summed E-state index contributed by atoms with van der Waals surface area (Å²) in [4.78, 5) is 14.1. The average molecular weight is 254 g/mol. The van der Waals surface area contributed by atoms with Crippen LogP contribution in [0.25, 0.3) is 0 Å². The van der Waals surface area contributed by atoms with Crippen molar-refractivity contribution in [2.24, 2.45) is 11.8 Å². The molecule has 3 unspecified atom stereocenters. The van der Waals surface area contributed by atoms with E-state index in [9.17, 15) is 4.79 Å². The maximum atomic E-state index is 12.2. The standard InChI is InChI=1S/C15H30N2O/c1-6-17(7-2)15(18)13(5)16-14-9-11(3)8-12(4)10-14/h11-14,16H,6-10H2,1-5H3. The molecule has 3 heteroatoms. The van der Waals surface area contributed by atoms with Gasteiger partial charge in [0.05, 0.1) is 6.04 Å². The highest BCUT2D eigenvalue weighted by Crippen LogP contribution is 2.28. The summed E-state index contributed by atoms with van der Waals surface area (Å²) in [6.45, 7) is 12.3. The second kappa shape index (κ2) is 7.13. The van der Waals surface area contributed by atoms with Crippen molar-refractivity contribution in [3.63, 3.8) is 0 Å². The third-order valence-corrected chi connectivity index (χ3v) is 4.11. The number of rotatable bonds is 5. The van der Waals surface area contributed by atoms with Crippen LogP contribution in [0.1, 0.15) is 53.9 Å². The second-order valence-electron chi connectivity index (χ2n) is 6.01. The van der Waals surface area contributed by atoms with Gasteiger partial charge in [-0.05, 0) is 51.9 Å². The lowest BCUT2D eigenvalue weighted by Gasteiger charge is -2.34. The van der Waals surface area contributed by atoms with Gasteiger partial charge in [0.25, 0.3) is 0 Å². The molecule has 106 valence electrons. The van der Waals surface area contributed by atoms with Gasteiger partial charge >= 0.3 is 0 Å². The fourth-order valence-electron chi connectivity index (χ4n) is 3.32. The molecule has 1 amide bonds. The molecule has 1 saturated carbocycles. The fraction of sp³-hybridized carbons (Fsp3) is 0.933. The van der Waals surface area contributed by atoms with Crippen molar-refractivity contribution in [1.29, 1.82) is 0 Å². The van der Waals surface area contributed by atoms with E-state index in [0.717, 1.165) is 24.9 Å². The van der Waals surface area contributed by atoms with Gasteiger partial charge in [0.15, 0.2) is 0 Å². The van der Waals surface area contributed by atoms with Crippen molar-refractivity contribution in [1.82, 2.24) is 10.2 Å². The Balaban J connectivity index is 2.48. The van der Waals surface area contributed by atoms with E-state index in [0.29, 0.717) is 6.04 Å². The van der Waals surface area contributed by atoms with E-state index in [4.69, 9.17) is 0 Å². The Hall–Kier alpha value is -0.570. The predicted octanol–water partition coefficient (Wildman–Crippen LogP) is 2.66. The van der Waals surface area contributed by atoms with Gasteiger partial charge in [-0.15, -0.1) is 0 Å². The normalized spacial score (nSPS) is 29.9. The number of hydrogen-bond donors (Lipinski definition) is 1. The minimum atomic E-state index is -0.0487. The first-order valence-electron chi connectivity index (χ1n) is 7.52. The van der Waals surface area contributed by atoms with E-state index in [1.807, 2.05) is 25.7 Å². The average Bonchev–Trinajstić information content (AvgIpc) is 2.28. The van der Waals surface area contributed by atoms with E-state index >= 15 is 0 Å². The highest BCUT2D eigenvalue weighted by atomic mass is 16.2. The molecule has 0 aromatic heterocycles. The number of amides is 1. The molecule has 3 atom stereocenters. The summed E-state index contributed by atoms with van der Waals surface area (Å²) in [5.41, 5.74) is 0. The number of nitrogens with zero attached hydrogens (tertiary/aromatic N) is 1. The molecule has 1 N–H and O–H groups in total. The molecule has 0 radical (unpaired) electrons. The van der Waals surface area contributed by atoms with Crippen molar-refractivity contribution in [2.75, 3.05) is 13.1 Å². The zero-order valence-corrected chi connectivity index (χ0v) is 12.7. The van der Waals surface area contributed by atoms with Crippen molar-refractivity contribution in [3.8, 4) is 0 Å². The van der Waals surface area contributed by atoms with Crippen molar-refractivity contribution >= 4 is 5.91 Å². The molecule has 1 rings (SSSR count). The molecule has 0 heterocycles. The highest BCUT2D eigenvalue weighted by Gasteiger charge is 2.27. The lowest BCUT2D eigenvalue weighted by molar-refractivity contribution is -0.133. The maximum absolute atomic E-state index is 12.2. The fourth-order valence-corrected chi connectivity index (χ4v) is 3.32. The summed E-state index contributed by atoms with van der Waals surface area (Å²) in [5.74, 6) is 1.80. The van der Waals surface area contributed by atoms with Crippen LogP contribution < -0.4 is 5.32 Å². The van der Waals surface area contributed by atoms with Crippen LogP contribution in [-0.4, -0.2) is 36.0 Å². The Morgan fingerprint density at radius 2 is 1.67 bits per heavy atom. The van der Waals surface area contributed by atoms with Crippen LogP contribution in [0.4, 0.5) is 0 Å². The van der Waals surface area contributed by atoms with E-state index in [2.05, 4.69) is 19.2 Å². The lowest BCUT2D eigenvalue weighted by Crippen LogP contribution is -2.49. The van der Waals surface area contributed by atoms with Gasteiger partial charge in [0.1, 0.15) is 0 Å². The summed E-state index contributed by atoms with van der Waals surface area (Å²) in [6.07, 6.45) is 3.75. The Kier molecular flexibility index (Phi) is 6.13. The molecular weight excluding hydrogens is 224 g/mol. The van der Waals surface area contributed by atoms with Gasteiger partial charge < -0.3 is 10.2 Å². The SMILES string of the molecule is CCN(CC)C(=O)C(C)NC1CC(C)CC(C)C1. The van der Waals surface area contributed by atoms with Gasteiger partial charge in [-0.25, -0.2) is 0 Å². The quantitative estimate of drug-likeness (QED) is 0.818. The van der Waals surface area contributed by atoms with Crippen molar-refractivity contribution in [2.45, 2.75) is 66.0 Å². The Morgan fingerprint density at radius 1 is 1.17 bits per heavy atom. The minimum absolute atomic E-state index is 0.0487. The van der Waals surface area contributed by atoms with Crippen LogP contribution >= 0.6 is 0 Å². The van der Waals surface area contributed by atoms with E-state index in [-0.39, 0.29) is 11.9 Å². The summed E-state index contributed by atoms with van der Waals surface area (Å²) >= 11 is 0. The molecule has 0 saturated heterocycles. The predicted molar refractivity (Wildman–Crippen MR) is 76.5 cm³/mol. The molecule has 1 aliphatic carbocycles. The number of hydrogen-bond acceptors (Lipinski definition) is 2. The molecule has 0 spiro atoms. The summed E-state index contributed by atoms with van der Waals surface area (Å²) in [5, 5.41) is 3.54. The van der Waals surface area contributed by atoms with Gasteiger partial charge in [-0.2, -0.15) is 0 Å². The monoisotopic (exact) mass is 254 g/mol. The Morgan fingerprint density at radius 3 is 2.11 bits per heavy atom. The van der Waals surface area contributed by atoms with Crippen LogP contribution in [0.3, 0.4) is 0 Å². The lowest BCUT2D eigenvalue weighted by atomic mass is 9.80. The minimum Gasteiger partial charge on any atom is -0.342 e. The molecule has 3 nitrogen and oxygen atoms in total. The third kappa shape index (κ3) is 4.27. The molecule has 0 aromatic rings. The zero-order valence-electron chi connectivity index (χ0n) is 12.7. The molecule has 0 bridgehead atoms. The van der Waals surface area contributed by atoms with Crippen LogP contribution in [0.2, 0.25) is 0 Å². The van der Waals surface area contributed by atoms with Gasteiger partial charge in [0, 0.05) is 19.1 Å². The topological polar surface area (TPSA) is 32.3 Å².